The van der Waals surface area contributed by atoms with Gasteiger partial charge < -0.3 is 4.98 Å². The summed E-state index contributed by atoms with van der Waals surface area (Å²) in [7, 11) is 0. The minimum atomic E-state index is -0.380. The van der Waals surface area contributed by atoms with Crippen LogP contribution in [0.15, 0.2) is 42.5 Å². The molecule has 25 heavy (non-hydrogen) atoms. The highest BCUT2D eigenvalue weighted by Gasteiger charge is 2.16. The van der Waals surface area contributed by atoms with Gasteiger partial charge in [-0.3, -0.25) is 10.1 Å². The van der Waals surface area contributed by atoms with Gasteiger partial charge in [-0.2, -0.15) is 5.26 Å². The summed E-state index contributed by atoms with van der Waals surface area (Å²) in [4.78, 5) is 14.0. The van der Waals surface area contributed by atoms with Crippen LogP contribution in [0.1, 0.15) is 31.5 Å². The van der Waals surface area contributed by atoms with Gasteiger partial charge in [0.05, 0.1) is 22.1 Å². The normalized spacial score (nSPS) is 11.0. The highest BCUT2D eigenvalue weighted by atomic mass is 16.6. The number of non-ortho nitro benzene ring substituents is 1. The molecule has 2 aromatic carbocycles. The highest BCUT2D eigenvalue weighted by molar-refractivity contribution is 5.98. The molecule has 1 N–H and O–H groups in total. The van der Waals surface area contributed by atoms with Crippen LogP contribution in [0.4, 0.5) is 5.69 Å². The summed E-state index contributed by atoms with van der Waals surface area (Å²) in [6.45, 7) is 4.35. The number of benzene rings is 2. The fraction of sp³-hybridized carbons (Fsp3) is 0.250. The second-order valence-corrected chi connectivity index (χ2v) is 6.59. The lowest BCUT2D eigenvalue weighted by Gasteiger charge is -2.07. The number of nitriles is 1. The van der Waals surface area contributed by atoms with Crippen LogP contribution in [0.3, 0.4) is 0 Å². The summed E-state index contributed by atoms with van der Waals surface area (Å²) in [5, 5.41) is 21.0. The maximum Gasteiger partial charge on any atom is 0.271 e. The molecule has 0 saturated heterocycles. The number of nitrogens with one attached hydrogen (secondary N) is 1. The van der Waals surface area contributed by atoms with Crippen molar-refractivity contribution in [3.8, 4) is 17.2 Å². The minimum Gasteiger partial charge on any atom is -0.358 e. The molecule has 0 aliphatic carbocycles. The first-order valence-electron chi connectivity index (χ1n) is 8.29. The molecule has 0 bridgehead atoms. The van der Waals surface area contributed by atoms with Gasteiger partial charge in [-0.25, -0.2) is 0 Å². The topological polar surface area (TPSA) is 82.7 Å². The Morgan fingerprint density at radius 1 is 1.20 bits per heavy atom. The zero-order chi connectivity index (χ0) is 18.0. The van der Waals surface area contributed by atoms with Gasteiger partial charge in [0.25, 0.3) is 5.69 Å². The Hall–Kier alpha value is -3.13. The van der Waals surface area contributed by atoms with E-state index in [4.69, 9.17) is 5.26 Å². The number of nitrogens with zero attached hydrogens (tertiary/aromatic N) is 2. The third kappa shape index (κ3) is 3.38. The van der Waals surface area contributed by atoms with Gasteiger partial charge in [0.1, 0.15) is 0 Å². The van der Waals surface area contributed by atoms with E-state index >= 15 is 0 Å². The summed E-state index contributed by atoms with van der Waals surface area (Å²) >= 11 is 0. The molecule has 0 spiro atoms. The first kappa shape index (κ1) is 16.7. The van der Waals surface area contributed by atoms with E-state index in [9.17, 15) is 10.1 Å². The van der Waals surface area contributed by atoms with Crippen LogP contribution in [0.5, 0.6) is 0 Å². The number of nitro benzene ring substituents is 1. The molecule has 0 atom stereocenters. The van der Waals surface area contributed by atoms with Gasteiger partial charge in [-0.05, 0) is 42.5 Å². The van der Waals surface area contributed by atoms with Crippen LogP contribution < -0.4 is 0 Å². The first-order chi connectivity index (χ1) is 12.0. The third-order valence-electron chi connectivity index (χ3n) is 4.35. The molecule has 0 aliphatic rings. The van der Waals surface area contributed by atoms with Crippen LogP contribution >= 0.6 is 0 Å². The van der Waals surface area contributed by atoms with Gasteiger partial charge in [-0.1, -0.05) is 26.0 Å². The summed E-state index contributed by atoms with van der Waals surface area (Å²) in [6, 6.07) is 14.5. The summed E-state index contributed by atoms with van der Waals surface area (Å²) in [5.74, 6) is 0.564. The van der Waals surface area contributed by atoms with Gasteiger partial charge >= 0.3 is 0 Å². The van der Waals surface area contributed by atoms with Crippen LogP contribution in [0.2, 0.25) is 0 Å². The predicted octanol–water partition coefficient (Wildman–Crippen LogP) is 5.20. The molecule has 3 aromatic rings. The Labute approximate surface area is 146 Å². The van der Waals surface area contributed by atoms with Gasteiger partial charge in [0, 0.05) is 28.8 Å². The first-order valence-corrected chi connectivity index (χ1v) is 8.29. The van der Waals surface area contributed by atoms with Gasteiger partial charge in [-0.15, -0.1) is 0 Å². The molecule has 0 unspecified atom stereocenters. The van der Waals surface area contributed by atoms with E-state index < -0.39 is 0 Å². The lowest BCUT2D eigenvalue weighted by Crippen LogP contribution is -1.94. The molecule has 5 nitrogen and oxygen atoms in total. The van der Waals surface area contributed by atoms with E-state index in [1.54, 1.807) is 24.3 Å². The Kier molecular flexibility index (Phi) is 4.53. The Morgan fingerprint density at radius 3 is 2.52 bits per heavy atom. The molecular weight excluding hydrogens is 314 g/mol. The number of aromatic amines is 1. The molecule has 0 fully saturated rings. The molecule has 0 radical (unpaired) electrons. The van der Waals surface area contributed by atoms with E-state index in [2.05, 4.69) is 24.9 Å². The molecular formula is C20H19N3O2. The van der Waals surface area contributed by atoms with Gasteiger partial charge in [0.2, 0.25) is 0 Å². The fourth-order valence-electron chi connectivity index (χ4n) is 3.02. The van der Waals surface area contributed by atoms with E-state index in [-0.39, 0.29) is 10.6 Å². The van der Waals surface area contributed by atoms with Crippen molar-refractivity contribution in [2.24, 2.45) is 5.92 Å². The smallest absolute Gasteiger partial charge is 0.271 e. The summed E-state index contributed by atoms with van der Waals surface area (Å²) < 4.78 is 0. The summed E-state index contributed by atoms with van der Waals surface area (Å²) in [6.07, 6.45) is 1.90. The Morgan fingerprint density at radius 2 is 1.92 bits per heavy atom. The molecule has 126 valence electrons. The SMILES string of the molecule is CC(C)CCc1[nH]c2cc([N+](=O)[O-])ccc2c1-c1ccc(C#N)cc1. The van der Waals surface area contributed by atoms with Crippen LogP contribution in [-0.2, 0) is 6.42 Å². The second-order valence-electron chi connectivity index (χ2n) is 6.59. The standard InChI is InChI=1S/C20H19N3O2/c1-13(2)3-10-18-20(15-6-4-14(12-21)5-7-15)17-9-8-16(23(24)25)11-19(17)22-18/h4-9,11,13,22H,3,10H2,1-2H3. The highest BCUT2D eigenvalue weighted by Crippen LogP contribution is 2.35. The molecule has 3 rings (SSSR count). The molecule has 0 saturated carbocycles. The summed E-state index contributed by atoms with van der Waals surface area (Å²) in [5.41, 5.74) is 4.62. The monoisotopic (exact) mass is 333 g/mol. The van der Waals surface area contributed by atoms with Crippen molar-refractivity contribution in [3.05, 3.63) is 63.8 Å². The van der Waals surface area contributed by atoms with Crippen LogP contribution in [0.25, 0.3) is 22.0 Å². The predicted molar refractivity (Wildman–Crippen MR) is 98.3 cm³/mol. The number of aryl methyl sites for hydroxylation is 1. The molecule has 0 amide bonds. The van der Waals surface area contributed by atoms with E-state index in [0.717, 1.165) is 40.6 Å². The maximum atomic E-state index is 11.1. The molecule has 1 heterocycles. The van der Waals surface area contributed by atoms with Crippen molar-refractivity contribution in [2.75, 3.05) is 0 Å². The van der Waals surface area contributed by atoms with Crippen molar-refractivity contribution in [1.29, 1.82) is 5.26 Å². The van der Waals surface area contributed by atoms with E-state index in [1.807, 2.05) is 12.1 Å². The molecule has 5 heteroatoms. The average Bonchev–Trinajstić information content (AvgIpc) is 2.97. The third-order valence-corrected chi connectivity index (χ3v) is 4.35. The number of fused-ring (bicyclic) bond motifs is 1. The van der Waals surface area contributed by atoms with E-state index in [1.165, 1.54) is 6.07 Å². The van der Waals surface area contributed by atoms with Crippen molar-refractivity contribution in [3.63, 3.8) is 0 Å². The number of rotatable bonds is 5. The van der Waals surface area contributed by atoms with Gasteiger partial charge in [0.15, 0.2) is 0 Å². The van der Waals surface area contributed by atoms with Crippen molar-refractivity contribution in [1.82, 2.24) is 4.98 Å². The largest absolute Gasteiger partial charge is 0.358 e. The quantitative estimate of drug-likeness (QED) is 0.514. The van der Waals surface area contributed by atoms with Crippen molar-refractivity contribution < 1.29 is 4.92 Å². The average molecular weight is 333 g/mol. The lowest BCUT2D eigenvalue weighted by atomic mass is 9.97. The fourth-order valence-corrected chi connectivity index (χ4v) is 3.02. The number of hydrogen-bond donors (Lipinski definition) is 1. The number of nitro groups is 1. The Balaban J connectivity index is 2.16. The number of aromatic nitrogens is 1. The zero-order valence-corrected chi connectivity index (χ0v) is 14.2. The number of H-pyrrole nitrogens is 1. The number of hydrogen-bond acceptors (Lipinski definition) is 3. The second kappa shape index (κ2) is 6.78. The van der Waals surface area contributed by atoms with Crippen LogP contribution in [0, 0.1) is 27.4 Å². The van der Waals surface area contributed by atoms with Crippen molar-refractivity contribution >= 4 is 16.6 Å². The molecule has 1 aromatic heterocycles. The Bertz CT molecular complexity index is 963. The lowest BCUT2D eigenvalue weighted by molar-refractivity contribution is -0.384. The van der Waals surface area contributed by atoms with E-state index in [0.29, 0.717) is 11.5 Å². The maximum absolute atomic E-state index is 11.1. The van der Waals surface area contributed by atoms with Crippen LogP contribution in [-0.4, -0.2) is 9.91 Å². The molecule has 0 aliphatic heterocycles. The minimum absolute atomic E-state index is 0.0792. The zero-order valence-electron chi connectivity index (χ0n) is 14.2. The van der Waals surface area contributed by atoms with Crippen molar-refractivity contribution in [2.45, 2.75) is 26.7 Å².